The molecule has 3 rings (SSSR count). The van der Waals surface area contributed by atoms with Crippen molar-refractivity contribution in [3.05, 3.63) is 47.0 Å². The molecule has 0 bridgehead atoms. The number of thiazole rings is 1. The molecule has 1 heterocycles. The van der Waals surface area contributed by atoms with Crippen molar-refractivity contribution in [2.45, 2.75) is 25.1 Å². The number of nitrogens with one attached hydrogen (secondary N) is 1. The molecule has 0 aliphatic heterocycles. The highest BCUT2D eigenvalue weighted by molar-refractivity contribution is 7.15. The largest absolute Gasteiger partial charge is 0.332 e. The number of anilines is 1. The van der Waals surface area contributed by atoms with Crippen molar-refractivity contribution in [3.8, 4) is 0 Å². The van der Waals surface area contributed by atoms with Crippen LogP contribution in [0, 0.1) is 12.8 Å². The molecule has 1 aromatic heterocycles. The van der Waals surface area contributed by atoms with Crippen LogP contribution in [0.4, 0.5) is 5.13 Å². The van der Waals surface area contributed by atoms with Crippen LogP contribution >= 0.6 is 22.9 Å². The topological polar surface area (TPSA) is 62.3 Å². The van der Waals surface area contributed by atoms with E-state index in [1.807, 2.05) is 37.3 Å². The summed E-state index contributed by atoms with van der Waals surface area (Å²) < 4.78 is 0. The van der Waals surface area contributed by atoms with E-state index in [-0.39, 0.29) is 18.4 Å². The maximum Gasteiger partial charge on any atom is 0.245 e. The van der Waals surface area contributed by atoms with E-state index in [2.05, 4.69) is 10.3 Å². The van der Waals surface area contributed by atoms with Gasteiger partial charge in [0.15, 0.2) is 5.13 Å². The Hall–Kier alpha value is -1.92. The number of aryl methyl sites for hydroxylation is 1. The fraction of sp³-hybridized carbons (Fsp3) is 0.389. The number of carbonyl (C=O) groups is 2. The molecular formula is C18H20ClN3O2S. The lowest BCUT2D eigenvalue weighted by Gasteiger charge is -2.24. The van der Waals surface area contributed by atoms with Gasteiger partial charge in [-0.25, -0.2) is 4.98 Å². The van der Waals surface area contributed by atoms with Crippen LogP contribution in [0.15, 0.2) is 36.5 Å². The Morgan fingerprint density at radius 1 is 1.36 bits per heavy atom. The van der Waals surface area contributed by atoms with Crippen molar-refractivity contribution in [1.82, 2.24) is 9.88 Å². The molecule has 2 amide bonds. The summed E-state index contributed by atoms with van der Waals surface area (Å²) in [6.45, 7) is 2.48. The zero-order valence-corrected chi connectivity index (χ0v) is 15.5. The van der Waals surface area contributed by atoms with Crippen molar-refractivity contribution < 1.29 is 9.59 Å². The maximum atomic E-state index is 12.8. The van der Waals surface area contributed by atoms with E-state index >= 15 is 0 Å². The lowest BCUT2D eigenvalue weighted by atomic mass is 10.1. The number of alkyl halides is 1. The average molecular weight is 378 g/mol. The lowest BCUT2D eigenvalue weighted by molar-refractivity contribution is -0.134. The second-order valence-corrected chi connectivity index (χ2v) is 7.93. The van der Waals surface area contributed by atoms with Gasteiger partial charge in [0.25, 0.3) is 0 Å². The van der Waals surface area contributed by atoms with Gasteiger partial charge in [-0.3, -0.25) is 9.59 Å². The molecule has 1 aliphatic carbocycles. The summed E-state index contributed by atoms with van der Waals surface area (Å²) in [7, 11) is 0. The quantitative estimate of drug-likeness (QED) is 0.750. The third-order valence-corrected chi connectivity index (χ3v) is 5.27. The molecule has 1 fully saturated rings. The van der Waals surface area contributed by atoms with Gasteiger partial charge in [0.05, 0.1) is 6.54 Å². The number of rotatable bonds is 7. The standard InChI is InChI=1S/C18H20ClN3O2S/c1-12-9-20-18(25-12)21-15(23)11-22(10-13-7-8-13)17(24)16(19)14-5-3-2-4-6-14/h2-6,9,13,16H,7-8,10-11H2,1H3,(H,20,21,23). The Labute approximate surface area is 156 Å². The molecular weight excluding hydrogens is 358 g/mol. The van der Waals surface area contributed by atoms with Crippen molar-refractivity contribution in [2.75, 3.05) is 18.4 Å². The third-order valence-electron chi connectivity index (χ3n) is 4.00. The first kappa shape index (κ1) is 17.9. The minimum absolute atomic E-state index is 0.00991. The second-order valence-electron chi connectivity index (χ2n) is 6.26. The van der Waals surface area contributed by atoms with E-state index in [0.29, 0.717) is 17.6 Å². The molecule has 0 spiro atoms. The number of halogens is 1. The molecule has 1 unspecified atom stereocenters. The minimum Gasteiger partial charge on any atom is -0.332 e. The van der Waals surface area contributed by atoms with E-state index < -0.39 is 5.38 Å². The van der Waals surface area contributed by atoms with Gasteiger partial charge < -0.3 is 10.2 Å². The predicted octanol–water partition coefficient (Wildman–Crippen LogP) is 3.61. The van der Waals surface area contributed by atoms with Crippen molar-refractivity contribution >= 4 is 39.9 Å². The number of amides is 2. The molecule has 0 saturated heterocycles. The van der Waals surface area contributed by atoms with Gasteiger partial charge in [0.2, 0.25) is 11.8 Å². The molecule has 25 heavy (non-hydrogen) atoms. The van der Waals surface area contributed by atoms with Crippen LogP contribution in [-0.2, 0) is 9.59 Å². The summed E-state index contributed by atoms with van der Waals surface area (Å²) in [5.41, 5.74) is 0.742. The first-order valence-corrected chi connectivity index (χ1v) is 9.48. The zero-order valence-electron chi connectivity index (χ0n) is 13.9. The Kier molecular flexibility index (Phi) is 5.71. The smallest absolute Gasteiger partial charge is 0.245 e. The Morgan fingerprint density at radius 2 is 2.08 bits per heavy atom. The lowest BCUT2D eigenvalue weighted by Crippen LogP contribution is -2.41. The van der Waals surface area contributed by atoms with Crippen molar-refractivity contribution in [1.29, 1.82) is 0 Å². The highest BCUT2D eigenvalue weighted by Crippen LogP contribution is 2.31. The fourth-order valence-corrected chi connectivity index (χ4v) is 3.48. The average Bonchev–Trinajstić information content (AvgIpc) is 3.34. The summed E-state index contributed by atoms with van der Waals surface area (Å²) in [6.07, 6.45) is 3.89. The molecule has 1 aliphatic rings. The van der Waals surface area contributed by atoms with Gasteiger partial charge in [-0.05, 0) is 31.2 Å². The van der Waals surface area contributed by atoms with Crippen LogP contribution < -0.4 is 5.32 Å². The summed E-state index contributed by atoms with van der Waals surface area (Å²) in [5.74, 6) is -0.0102. The molecule has 7 heteroatoms. The fourth-order valence-electron chi connectivity index (χ4n) is 2.51. The van der Waals surface area contributed by atoms with Crippen molar-refractivity contribution in [2.24, 2.45) is 5.92 Å². The van der Waals surface area contributed by atoms with Crippen LogP contribution in [-0.4, -0.2) is 34.8 Å². The van der Waals surface area contributed by atoms with Gasteiger partial charge >= 0.3 is 0 Å². The Bertz CT molecular complexity index is 746. The van der Waals surface area contributed by atoms with Crippen LogP contribution in [0.5, 0.6) is 0 Å². The highest BCUT2D eigenvalue weighted by atomic mass is 35.5. The molecule has 132 valence electrons. The third kappa shape index (κ3) is 5.03. The number of hydrogen-bond acceptors (Lipinski definition) is 4. The monoisotopic (exact) mass is 377 g/mol. The van der Waals surface area contributed by atoms with Gasteiger partial charge in [0.1, 0.15) is 5.38 Å². The Balaban J connectivity index is 1.66. The first-order valence-electron chi connectivity index (χ1n) is 8.23. The van der Waals surface area contributed by atoms with Crippen LogP contribution in [0.3, 0.4) is 0 Å². The molecule has 1 aromatic carbocycles. The number of nitrogens with zero attached hydrogens (tertiary/aromatic N) is 2. The van der Waals surface area contributed by atoms with Gasteiger partial charge in [-0.2, -0.15) is 0 Å². The molecule has 5 nitrogen and oxygen atoms in total. The van der Waals surface area contributed by atoms with Gasteiger partial charge in [-0.1, -0.05) is 30.3 Å². The van der Waals surface area contributed by atoms with Crippen LogP contribution in [0.1, 0.15) is 28.7 Å². The van der Waals surface area contributed by atoms with E-state index in [9.17, 15) is 9.59 Å². The molecule has 1 N–H and O–H groups in total. The first-order chi connectivity index (χ1) is 12.0. The van der Waals surface area contributed by atoms with E-state index in [0.717, 1.165) is 23.3 Å². The highest BCUT2D eigenvalue weighted by Gasteiger charge is 2.31. The van der Waals surface area contributed by atoms with Crippen LogP contribution in [0.25, 0.3) is 0 Å². The normalized spacial score (nSPS) is 14.8. The number of aromatic nitrogens is 1. The molecule has 1 saturated carbocycles. The van der Waals surface area contributed by atoms with E-state index in [1.165, 1.54) is 11.3 Å². The number of hydrogen-bond donors (Lipinski definition) is 1. The predicted molar refractivity (Wildman–Crippen MR) is 99.8 cm³/mol. The minimum atomic E-state index is -0.783. The summed E-state index contributed by atoms with van der Waals surface area (Å²) >= 11 is 7.78. The molecule has 0 radical (unpaired) electrons. The summed E-state index contributed by atoms with van der Waals surface area (Å²) in [5, 5.41) is 2.52. The number of carbonyl (C=O) groups excluding carboxylic acids is 2. The molecule has 1 atom stereocenters. The second kappa shape index (κ2) is 7.97. The van der Waals surface area contributed by atoms with E-state index in [1.54, 1.807) is 11.1 Å². The number of benzene rings is 1. The van der Waals surface area contributed by atoms with Crippen molar-refractivity contribution in [3.63, 3.8) is 0 Å². The van der Waals surface area contributed by atoms with Crippen LogP contribution in [0.2, 0.25) is 0 Å². The SMILES string of the molecule is Cc1cnc(NC(=O)CN(CC2CC2)C(=O)C(Cl)c2ccccc2)s1. The zero-order chi connectivity index (χ0) is 17.8. The summed E-state index contributed by atoms with van der Waals surface area (Å²) in [4.78, 5) is 31.8. The van der Waals surface area contributed by atoms with E-state index in [4.69, 9.17) is 11.6 Å². The van der Waals surface area contributed by atoms with Gasteiger partial charge in [-0.15, -0.1) is 22.9 Å². The Morgan fingerprint density at radius 3 is 2.68 bits per heavy atom. The summed E-state index contributed by atoms with van der Waals surface area (Å²) in [6, 6.07) is 9.22. The van der Waals surface area contributed by atoms with Gasteiger partial charge in [0, 0.05) is 17.6 Å². The maximum absolute atomic E-state index is 12.8. The molecule has 2 aromatic rings.